The first-order valence-electron chi connectivity index (χ1n) is 5.37. The van der Waals surface area contributed by atoms with Gasteiger partial charge in [-0.15, -0.1) is 0 Å². The third kappa shape index (κ3) is 3.54. The quantitative estimate of drug-likeness (QED) is 0.585. The molecule has 0 saturated heterocycles. The molecule has 98 valence electrons. The topological polar surface area (TPSA) is 102 Å². The molecular weight excluding hydrogens is 236 g/mol. The summed E-state index contributed by atoms with van der Waals surface area (Å²) >= 11 is 0. The minimum Gasteiger partial charge on any atom is -0.382 e. The molecule has 0 spiro atoms. The van der Waals surface area contributed by atoms with Crippen molar-refractivity contribution in [3.05, 3.63) is 35.9 Å². The van der Waals surface area contributed by atoms with E-state index >= 15 is 0 Å². The smallest absolute Gasteiger partial charge is 0.251 e. The molecule has 0 aliphatic rings. The number of rotatable bonds is 6. The summed E-state index contributed by atoms with van der Waals surface area (Å²) in [7, 11) is 1.40. The predicted molar refractivity (Wildman–Crippen MR) is 64.4 cm³/mol. The van der Waals surface area contributed by atoms with Crippen LogP contribution in [0.15, 0.2) is 30.3 Å². The van der Waals surface area contributed by atoms with E-state index in [1.165, 1.54) is 7.11 Å². The maximum atomic E-state index is 11.6. The number of nitrogens with one attached hydrogen (secondary N) is 1. The second-order valence-electron chi connectivity index (χ2n) is 3.71. The van der Waals surface area contributed by atoms with E-state index in [1.807, 2.05) is 0 Å². The zero-order valence-corrected chi connectivity index (χ0v) is 10.00. The average Bonchev–Trinajstić information content (AvgIpc) is 2.36. The summed E-state index contributed by atoms with van der Waals surface area (Å²) in [4.78, 5) is 22.9. The van der Waals surface area contributed by atoms with Crippen LogP contribution < -0.4 is 11.1 Å². The van der Waals surface area contributed by atoms with Crippen LogP contribution in [0.1, 0.15) is 11.5 Å². The average molecular weight is 252 g/mol. The standard InChI is InChI=1S/C12H16N2O4/c1-18-7-14-12(17)10(15)9(11(13)16)8-5-3-2-4-6-8/h2-6,9-10,15H,7H2,1H3,(H2,13,16)(H,14,17). The monoisotopic (exact) mass is 252 g/mol. The molecule has 0 bridgehead atoms. The van der Waals surface area contributed by atoms with E-state index in [-0.39, 0.29) is 6.73 Å². The Morgan fingerprint density at radius 3 is 2.50 bits per heavy atom. The van der Waals surface area contributed by atoms with Crippen LogP contribution in [0.3, 0.4) is 0 Å². The second-order valence-corrected chi connectivity index (χ2v) is 3.71. The van der Waals surface area contributed by atoms with Crippen LogP contribution in [0.5, 0.6) is 0 Å². The van der Waals surface area contributed by atoms with Gasteiger partial charge in [-0.1, -0.05) is 30.3 Å². The van der Waals surface area contributed by atoms with E-state index in [0.717, 1.165) is 0 Å². The molecule has 4 N–H and O–H groups in total. The van der Waals surface area contributed by atoms with Crippen molar-refractivity contribution in [2.45, 2.75) is 12.0 Å². The van der Waals surface area contributed by atoms with Crippen LogP contribution in [-0.4, -0.2) is 36.9 Å². The van der Waals surface area contributed by atoms with Crippen molar-refractivity contribution in [1.29, 1.82) is 0 Å². The van der Waals surface area contributed by atoms with E-state index in [2.05, 4.69) is 10.1 Å². The molecule has 6 nitrogen and oxygen atoms in total. The highest BCUT2D eigenvalue weighted by Gasteiger charge is 2.31. The Kier molecular flexibility index (Phi) is 5.29. The summed E-state index contributed by atoms with van der Waals surface area (Å²) in [6.07, 6.45) is -1.54. The summed E-state index contributed by atoms with van der Waals surface area (Å²) in [6.45, 7) is -0.0455. The first-order valence-corrected chi connectivity index (χ1v) is 5.37. The van der Waals surface area contributed by atoms with Gasteiger partial charge in [0.15, 0.2) is 0 Å². The number of aliphatic hydroxyl groups is 1. The van der Waals surface area contributed by atoms with Crippen molar-refractivity contribution in [3.8, 4) is 0 Å². The van der Waals surface area contributed by atoms with Gasteiger partial charge >= 0.3 is 0 Å². The maximum Gasteiger partial charge on any atom is 0.251 e. The lowest BCUT2D eigenvalue weighted by atomic mass is 9.92. The van der Waals surface area contributed by atoms with Gasteiger partial charge in [0.05, 0.1) is 5.92 Å². The zero-order valence-electron chi connectivity index (χ0n) is 10.00. The van der Waals surface area contributed by atoms with Gasteiger partial charge in [-0.25, -0.2) is 0 Å². The van der Waals surface area contributed by atoms with Gasteiger partial charge in [0, 0.05) is 7.11 Å². The number of aliphatic hydroxyl groups excluding tert-OH is 1. The van der Waals surface area contributed by atoms with Crippen molar-refractivity contribution < 1.29 is 19.4 Å². The molecule has 0 radical (unpaired) electrons. The number of carbonyl (C=O) groups is 2. The lowest BCUT2D eigenvalue weighted by Gasteiger charge is -2.19. The van der Waals surface area contributed by atoms with Crippen molar-refractivity contribution in [3.63, 3.8) is 0 Å². The third-order valence-corrected chi connectivity index (χ3v) is 2.44. The highest BCUT2D eigenvalue weighted by molar-refractivity contribution is 5.91. The number of hydrogen-bond acceptors (Lipinski definition) is 4. The molecule has 0 aliphatic carbocycles. The summed E-state index contributed by atoms with van der Waals surface area (Å²) in [5.41, 5.74) is 5.72. The molecule has 0 aliphatic heterocycles. The molecular formula is C12H16N2O4. The van der Waals surface area contributed by atoms with Gasteiger partial charge in [-0.3, -0.25) is 9.59 Å². The van der Waals surface area contributed by atoms with E-state index in [4.69, 9.17) is 5.73 Å². The van der Waals surface area contributed by atoms with Crippen LogP contribution in [0.2, 0.25) is 0 Å². The molecule has 0 aromatic heterocycles. The van der Waals surface area contributed by atoms with Crippen molar-refractivity contribution in [2.75, 3.05) is 13.8 Å². The van der Waals surface area contributed by atoms with E-state index in [1.54, 1.807) is 30.3 Å². The van der Waals surface area contributed by atoms with Gasteiger partial charge in [-0.2, -0.15) is 0 Å². The second kappa shape index (κ2) is 6.73. The number of primary amides is 1. The lowest BCUT2D eigenvalue weighted by molar-refractivity contribution is -0.136. The number of carbonyl (C=O) groups excluding carboxylic acids is 2. The fourth-order valence-electron chi connectivity index (χ4n) is 1.56. The first-order chi connectivity index (χ1) is 8.57. The summed E-state index contributed by atoms with van der Waals surface area (Å²) in [5.74, 6) is -2.55. The molecule has 1 rings (SSSR count). The minimum absolute atomic E-state index is 0.0455. The normalized spacial score (nSPS) is 13.7. The molecule has 1 aromatic rings. The van der Waals surface area contributed by atoms with E-state index < -0.39 is 23.8 Å². The van der Waals surface area contributed by atoms with Crippen LogP contribution in [0.4, 0.5) is 0 Å². The maximum absolute atomic E-state index is 11.6. The number of ether oxygens (including phenoxy) is 1. The number of benzene rings is 1. The molecule has 0 saturated carbocycles. The van der Waals surface area contributed by atoms with Gasteiger partial charge in [0.2, 0.25) is 5.91 Å². The summed E-state index contributed by atoms with van der Waals surface area (Å²) in [5, 5.41) is 12.2. The number of methoxy groups -OCH3 is 1. The molecule has 0 heterocycles. The van der Waals surface area contributed by atoms with Gasteiger partial charge in [0.1, 0.15) is 12.8 Å². The summed E-state index contributed by atoms with van der Waals surface area (Å²) in [6, 6.07) is 8.42. The number of amides is 2. The van der Waals surface area contributed by atoms with E-state index in [0.29, 0.717) is 5.56 Å². The summed E-state index contributed by atoms with van der Waals surface area (Å²) < 4.78 is 4.65. The van der Waals surface area contributed by atoms with Crippen molar-refractivity contribution in [1.82, 2.24) is 5.32 Å². The van der Waals surface area contributed by atoms with Crippen molar-refractivity contribution >= 4 is 11.8 Å². The Balaban J connectivity index is 2.86. The molecule has 2 atom stereocenters. The van der Waals surface area contributed by atoms with Crippen molar-refractivity contribution in [2.24, 2.45) is 5.73 Å². The molecule has 6 heteroatoms. The predicted octanol–water partition coefficient (Wildman–Crippen LogP) is -0.663. The third-order valence-electron chi connectivity index (χ3n) is 2.44. The highest BCUT2D eigenvalue weighted by atomic mass is 16.5. The molecule has 18 heavy (non-hydrogen) atoms. The molecule has 2 unspecified atom stereocenters. The van der Waals surface area contributed by atoms with Gasteiger partial charge in [-0.05, 0) is 5.56 Å². The van der Waals surface area contributed by atoms with Crippen LogP contribution in [0, 0.1) is 0 Å². The van der Waals surface area contributed by atoms with Gasteiger partial charge in [0.25, 0.3) is 5.91 Å². The van der Waals surface area contributed by atoms with Crippen LogP contribution in [-0.2, 0) is 14.3 Å². The molecule has 0 fully saturated rings. The number of hydrogen-bond donors (Lipinski definition) is 3. The molecule has 1 aromatic carbocycles. The van der Waals surface area contributed by atoms with Crippen LogP contribution >= 0.6 is 0 Å². The Morgan fingerprint density at radius 1 is 1.39 bits per heavy atom. The molecule has 2 amide bonds. The Morgan fingerprint density at radius 2 is 2.00 bits per heavy atom. The van der Waals surface area contributed by atoms with E-state index in [9.17, 15) is 14.7 Å². The largest absolute Gasteiger partial charge is 0.382 e. The number of nitrogens with two attached hydrogens (primary N) is 1. The fourth-order valence-corrected chi connectivity index (χ4v) is 1.56. The Labute approximate surface area is 105 Å². The lowest BCUT2D eigenvalue weighted by Crippen LogP contribution is -2.43. The Hall–Kier alpha value is -1.92. The highest BCUT2D eigenvalue weighted by Crippen LogP contribution is 2.19. The fraction of sp³-hybridized carbons (Fsp3) is 0.333. The minimum atomic E-state index is -1.54. The first kappa shape index (κ1) is 14.1. The van der Waals surface area contributed by atoms with Crippen LogP contribution in [0.25, 0.3) is 0 Å². The zero-order chi connectivity index (χ0) is 13.5. The SMILES string of the molecule is COCNC(=O)C(O)C(C(N)=O)c1ccccc1. The van der Waals surface area contributed by atoms with Gasteiger partial charge < -0.3 is 20.9 Å². The Bertz CT molecular complexity index is 408.